The van der Waals surface area contributed by atoms with Crippen LogP contribution in [0, 0.1) is 0 Å². The van der Waals surface area contributed by atoms with E-state index in [1.165, 1.54) is 24.1 Å². The van der Waals surface area contributed by atoms with Gasteiger partial charge in [-0.15, -0.1) is 11.8 Å². The van der Waals surface area contributed by atoms with Crippen molar-refractivity contribution in [2.75, 3.05) is 10.6 Å². The van der Waals surface area contributed by atoms with E-state index in [2.05, 4.69) is 16.0 Å². The van der Waals surface area contributed by atoms with E-state index in [1.807, 2.05) is 48.5 Å². The molecule has 43 heavy (non-hydrogen) atoms. The zero-order valence-corrected chi connectivity index (χ0v) is 24.3. The van der Waals surface area contributed by atoms with Crippen LogP contribution < -0.4 is 16.0 Å². The quantitative estimate of drug-likeness (QED) is 0.111. The number of hydrogen-bond acceptors (Lipinski definition) is 5. The number of hydrogen-bond donors (Lipinski definition) is 3. The lowest BCUT2D eigenvalue weighted by Gasteiger charge is -2.18. The van der Waals surface area contributed by atoms with Crippen LogP contribution in [0.1, 0.15) is 26.9 Å². The Morgan fingerprint density at radius 2 is 1.42 bits per heavy atom. The molecule has 5 aromatic rings. The predicted octanol–water partition coefficient (Wildman–Crippen LogP) is 7.81. The molecule has 0 fully saturated rings. The summed E-state index contributed by atoms with van der Waals surface area (Å²) in [5, 5.41) is 8.31. The van der Waals surface area contributed by atoms with Gasteiger partial charge in [-0.1, -0.05) is 72.3 Å². The van der Waals surface area contributed by atoms with Crippen molar-refractivity contribution in [3.63, 3.8) is 0 Å². The third kappa shape index (κ3) is 8.03. The standard InChI is InChI=1S/C34H26ClN3O4S/c35-28-15-7-8-16-29(28)37-34(41)31(23-10-3-1-4-11-23)43-27-19-17-25(18-20-27)36-33(40)30(22-26-14-9-21-42-26)38-32(39)24-12-5-2-6-13-24/h1-22,31H,(H,36,40)(H,37,41)(H,38,39)/b30-22-. The molecule has 1 atom stereocenters. The molecule has 4 aromatic carbocycles. The topological polar surface area (TPSA) is 100 Å². The smallest absolute Gasteiger partial charge is 0.272 e. The first-order valence-electron chi connectivity index (χ1n) is 13.3. The maximum Gasteiger partial charge on any atom is 0.272 e. The minimum atomic E-state index is -0.561. The van der Waals surface area contributed by atoms with E-state index in [9.17, 15) is 14.4 Å². The Morgan fingerprint density at radius 1 is 0.744 bits per heavy atom. The maximum absolute atomic E-state index is 13.4. The highest BCUT2D eigenvalue weighted by molar-refractivity contribution is 8.00. The van der Waals surface area contributed by atoms with Gasteiger partial charge in [-0.2, -0.15) is 0 Å². The largest absolute Gasteiger partial charge is 0.465 e. The van der Waals surface area contributed by atoms with Crippen molar-refractivity contribution < 1.29 is 18.8 Å². The number of carbonyl (C=O) groups excluding carboxylic acids is 3. The van der Waals surface area contributed by atoms with Crippen LogP contribution in [-0.4, -0.2) is 17.7 Å². The second-order valence-corrected chi connectivity index (χ2v) is 10.8. The van der Waals surface area contributed by atoms with E-state index < -0.39 is 17.1 Å². The Hall–Kier alpha value is -5.05. The van der Waals surface area contributed by atoms with Crippen molar-refractivity contribution in [3.05, 3.63) is 155 Å². The average molecular weight is 608 g/mol. The molecule has 0 aliphatic rings. The predicted molar refractivity (Wildman–Crippen MR) is 171 cm³/mol. The number of rotatable bonds is 10. The van der Waals surface area contributed by atoms with Gasteiger partial charge in [0, 0.05) is 22.2 Å². The van der Waals surface area contributed by atoms with Crippen molar-refractivity contribution >= 4 is 58.5 Å². The SMILES string of the molecule is O=C(Nc1ccc(SC(C(=O)Nc2ccccc2Cl)c2ccccc2)cc1)/C(=C/c1ccco1)NC(=O)c1ccccc1. The molecule has 0 aliphatic carbocycles. The second kappa shape index (κ2) is 14.2. The highest BCUT2D eigenvalue weighted by atomic mass is 35.5. The first-order valence-corrected chi connectivity index (χ1v) is 14.5. The Bertz CT molecular complexity index is 1730. The highest BCUT2D eigenvalue weighted by Gasteiger charge is 2.23. The van der Waals surface area contributed by atoms with Gasteiger partial charge in [0.05, 0.1) is 17.0 Å². The van der Waals surface area contributed by atoms with E-state index in [0.29, 0.717) is 27.7 Å². The van der Waals surface area contributed by atoms with Crippen LogP contribution in [0.4, 0.5) is 11.4 Å². The summed E-state index contributed by atoms with van der Waals surface area (Å²) in [6.45, 7) is 0. The zero-order chi connectivity index (χ0) is 30.0. The number of nitrogens with one attached hydrogen (secondary N) is 3. The van der Waals surface area contributed by atoms with E-state index in [-0.39, 0.29) is 11.6 Å². The zero-order valence-electron chi connectivity index (χ0n) is 22.7. The number of furan rings is 1. The Balaban J connectivity index is 1.31. The van der Waals surface area contributed by atoms with Crippen LogP contribution in [0.25, 0.3) is 6.08 Å². The van der Waals surface area contributed by atoms with Crippen LogP contribution in [0.15, 0.2) is 143 Å². The monoisotopic (exact) mass is 607 g/mol. The lowest BCUT2D eigenvalue weighted by atomic mass is 10.1. The van der Waals surface area contributed by atoms with Crippen molar-refractivity contribution in [3.8, 4) is 0 Å². The summed E-state index contributed by atoms with van der Waals surface area (Å²) < 4.78 is 5.35. The average Bonchev–Trinajstić information content (AvgIpc) is 3.55. The van der Waals surface area contributed by atoms with Gasteiger partial charge in [0.2, 0.25) is 5.91 Å². The van der Waals surface area contributed by atoms with Crippen LogP contribution >= 0.6 is 23.4 Å². The Kier molecular flexibility index (Phi) is 9.74. The highest BCUT2D eigenvalue weighted by Crippen LogP contribution is 2.37. The molecular weight excluding hydrogens is 582 g/mol. The van der Waals surface area contributed by atoms with Gasteiger partial charge >= 0.3 is 0 Å². The van der Waals surface area contributed by atoms with Crippen molar-refractivity contribution in [1.29, 1.82) is 0 Å². The molecule has 9 heteroatoms. The summed E-state index contributed by atoms with van der Waals surface area (Å²) in [6, 6.07) is 35.6. The Labute approximate surface area is 258 Å². The minimum absolute atomic E-state index is 0.0163. The number of amides is 3. The van der Waals surface area contributed by atoms with Gasteiger partial charge in [-0.25, -0.2) is 0 Å². The summed E-state index contributed by atoms with van der Waals surface area (Å²) >= 11 is 7.64. The van der Waals surface area contributed by atoms with E-state index in [4.69, 9.17) is 16.0 Å². The van der Waals surface area contributed by atoms with Gasteiger partial charge in [-0.05, 0) is 66.2 Å². The molecule has 214 valence electrons. The number of para-hydroxylation sites is 1. The number of benzene rings is 4. The minimum Gasteiger partial charge on any atom is -0.465 e. The van der Waals surface area contributed by atoms with Crippen LogP contribution in [0.5, 0.6) is 0 Å². The van der Waals surface area contributed by atoms with Crippen LogP contribution in [-0.2, 0) is 9.59 Å². The fourth-order valence-corrected chi connectivity index (χ4v) is 5.28. The molecule has 3 amide bonds. The lowest BCUT2D eigenvalue weighted by molar-refractivity contribution is -0.116. The van der Waals surface area contributed by atoms with E-state index >= 15 is 0 Å². The van der Waals surface area contributed by atoms with Crippen molar-refractivity contribution in [1.82, 2.24) is 5.32 Å². The molecule has 0 aliphatic heterocycles. The summed E-state index contributed by atoms with van der Waals surface area (Å²) in [5.74, 6) is -0.763. The van der Waals surface area contributed by atoms with Gasteiger partial charge in [0.15, 0.2) is 0 Å². The number of halogens is 1. The van der Waals surface area contributed by atoms with Gasteiger partial charge in [0.1, 0.15) is 16.7 Å². The summed E-state index contributed by atoms with van der Waals surface area (Å²) in [5.41, 5.74) is 2.30. The van der Waals surface area contributed by atoms with Gasteiger partial charge in [0.25, 0.3) is 11.8 Å². The Morgan fingerprint density at radius 3 is 2.09 bits per heavy atom. The second-order valence-electron chi connectivity index (χ2n) is 9.25. The van der Waals surface area contributed by atoms with Crippen molar-refractivity contribution in [2.24, 2.45) is 0 Å². The number of carbonyl (C=O) groups is 3. The van der Waals surface area contributed by atoms with Gasteiger partial charge < -0.3 is 20.4 Å². The van der Waals surface area contributed by atoms with Crippen molar-refractivity contribution in [2.45, 2.75) is 10.1 Å². The third-order valence-electron chi connectivity index (χ3n) is 6.20. The summed E-state index contributed by atoms with van der Waals surface area (Å²) in [6.07, 6.45) is 2.94. The van der Waals surface area contributed by atoms with Gasteiger partial charge in [-0.3, -0.25) is 14.4 Å². The summed E-state index contributed by atoms with van der Waals surface area (Å²) in [7, 11) is 0. The molecule has 3 N–H and O–H groups in total. The molecule has 0 radical (unpaired) electrons. The molecule has 1 heterocycles. The summed E-state index contributed by atoms with van der Waals surface area (Å²) in [4.78, 5) is 40.2. The van der Waals surface area contributed by atoms with E-state index in [0.717, 1.165) is 10.5 Å². The van der Waals surface area contributed by atoms with E-state index in [1.54, 1.807) is 72.8 Å². The fraction of sp³-hybridized carbons (Fsp3) is 0.0294. The number of thioether (sulfide) groups is 1. The molecule has 0 spiro atoms. The molecular formula is C34H26ClN3O4S. The van der Waals surface area contributed by atoms with Crippen LogP contribution in [0.3, 0.4) is 0 Å². The lowest BCUT2D eigenvalue weighted by Crippen LogP contribution is -2.30. The third-order valence-corrected chi connectivity index (χ3v) is 7.79. The molecule has 1 unspecified atom stereocenters. The first-order chi connectivity index (χ1) is 21.0. The fourth-order valence-electron chi connectivity index (χ4n) is 4.07. The molecule has 1 aromatic heterocycles. The first kappa shape index (κ1) is 29.4. The number of anilines is 2. The normalized spacial score (nSPS) is 11.8. The molecule has 0 saturated carbocycles. The maximum atomic E-state index is 13.4. The molecule has 5 rings (SSSR count). The van der Waals surface area contributed by atoms with Crippen LogP contribution in [0.2, 0.25) is 5.02 Å². The molecule has 0 saturated heterocycles. The molecule has 7 nitrogen and oxygen atoms in total. The molecule has 0 bridgehead atoms.